The predicted molar refractivity (Wildman–Crippen MR) is 110 cm³/mol. The van der Waals surface area contributed by atoms with E-state index in [0.29, 0.717) is 31.0 Å². The van der Waals surface area contributed by atoms with E-state index in [1.807, 2.05) is 19.9 Å². The maximum Gasteiger partial charge on any atom is 0.279 e. The summed E-state index contributed by atoms with van der Waals surface area (Å²) in [5, 5.41) is 2.88. The van der Waals surface area contributed by atoms with Crippen molar-refractivity contribution in [1.29, 1.82) is 0 Å². The van der Waals surface area contributed by atoms with Crippen molar-refractivity contribution in [3.63, 3.8) is 0 Å². The monoisotopic (exact) mass is 398 g/mol. The third-order valence-corrected chi connectivity index (χ3v) is 4.92. The van der Waals surface area contributed by atoms with Crippen molar-refractivity contribution < 1.29 is 24.0 Å². The van der Waals surface area contributed by atoms with Gasteiger partial charge in [-0.15, -0.1) is 0 Å². The van der Waals surface area contributed by atoms with Crippen LogP contribution in [-0.4, -0.2) is 38.1 Å². The van der Waals surface area contributed by atoms with Crippen molar-refractivity contribution in [3.8, 4) is 11.5 Å². The molecule has 1 unspecified atom stereocenters. The van der Waals surface area contributed by atoms with E-state index >= 15 is 0 Å². The van der Waals surface area contributed by atoms with Gasteiger partial charge in [0.2, 0.25) is 5.91 Å². The molecule has 2 amide bonds. The number of carbonyl (C=O) groups excluding carboxylic acids is 2. The Kier molecular flexibility index (Phi) is 6.72. The van der Waals surface area contributed by atoms with Gasteiger partial charge in [0.25, 0.3) is 5.91 Å². The fourth-order valence-corrected chi connectivity index (χ4v) is 3.55. The van der Waals surface area contributed by atoms with Crippen LogP contribution in [0.25, 0.3) is 0 Å². The Morgan fingerprint density at radius 3 is 2.24 bits per heavy atom. The van der Waals surface area contributed by atoms with Crippen LogP contribution in [0.1, 0.15) is 35.3 Å². The van der Waals surface area contributed by atoms with Gasteiger partial charge in [0, 0.05) is 23.2 Å². The van der Waals surface area contributed by atoms with Crippen LogP contribution in [0, 0.1) is 0 Å². The molecule has 2 aromatic rings. The summed E-state index contributed by atoms with van der Waals surface area (Å²) in [5.41, 5.74) is 8.75. The Balaban J connectivity index is 1.63. The second-order valence-corrected chi connectivity index (χ2v) is 7.03. The van der Waals surface area contributed by atoms with Crippen LogP contribution in [0.4, 0.5) is 5.69 Å². The molecule has 1 atom stereocenters. The summed E-state index contributed by atoms with van der Waals surface area (Å²) in [6.07, 6.45) is 0.887. The topological polar surface area (TPSA) is 95.1 Å². The van der Waals surface area contributed by atoms with Crippen LogP contribution in [0.3, 0.4) is 0 Å². The molecular formula is C22H28N3O4+. The fourth-order valence-electron chi connectivity index (χ4n) is 3.55. The first-order chi connectivity index (χ1) is 14.0. The zero-order valence-electron chi connectivity index (χ0n) is 16.9. The molecule has 29 heavy (non-hydrogen) atoms. The van der Waals surface area contributed by atoms with Crippen LogP contribution in [0.5, 0.6) is 11.5 Å². The van der Waals surface area contributed by atoms with Crippen LogP contribution in [0.15, 0.2) is 36.4 Å². The molecule has 1 heterocycles. The van der Waals surface area contributed by atoms with E-state index < -0.39 is 5.91 Å². The van der Waals surface area contributed by atoms with E-state index in [1.165, 1.54) is 16.0 Å². The fraction of sp³-hybridized carbons (Fsp3) is 0.364. The van der Waals surface area contributed by atoms with Crippen molar-refractivity contribution in [1.82, 2.24) is 0 Å². The number of ether oxygens (including phenoxy) is 2. The summed E-state index contributed by atoms with van der Waals surface area (Å²) >= 11 is 0. The molecule has 7 nitrogen and oxygen atoms in total. The zero-order valence-corrected chi connectivity index (χ0v) is 16.9. The van der Waals surface area contributed by atoms with E-state index in [2.05, 4.69) is 11.4 Å². The van der Waals surface area contributed by atoms with Crippen LogP contribution < -0.4 is 25.4 Å². The highest BCUT2D eigenvalue weighted by molar-refractivity contribution is 5.95. The molecule has 0 saturated carbocycles. The summed E-state index contributed by atoms with van der Waals surface area (Å²) in [5.74, 6) is 0.992. The van der Waals surface area contributed by atoms with Gasteiger partial charge < -0.3 is 25.4 Å². The molecule has 1 aliphatic heterocycles. The smallest absolute Gasteiger partial charge is 0.279 e. The molecule has 2 aromatic carbocycles. The van der Waals surface area contributed by atoms with Gasteiger partial charge >= 0.3 is 0 Å². The Bertz CT molecular complexity index is 880. The molecule has 0 fully saturated rings. The Hall–Kier alpha value is -3.06. The molecule has 0 spiro atoms. The number of anilines is 1. The first-order valence-electron chi connectivity index (χ1n) is 9.94. The first kappa shape index (κ1) is 20.7. The molecule has 0 radical (unpaired) electrons. The van der Waals surface area contributed by atoms with Crippen molar-refractivity contribution >= 4 is 17.5 Å². The van der Waals surface area contributed by atoms with Gasteiger partial charge in [0.15, 0.2) is 18.0 Å². The second kappa shape index (κ2) is 9.43. The normalized spacial score (nSPS) is 15.3. The quantitative estimate of drug-likeness (QED) is 0.622. The Labute approximate surface area is 170 Å². The lowest BCUT2D eigenvalue weighted by molar-refractivity contribution is -0.907. The molecule has 1 aliphatic rings. The molecule has 0 aliphatic carbocycles. The van der Waals surface area contributed by atoms with E-state index in [-0.39, 0.29) is 5.91 Å². The molecular weight excluding hydrogens is 370 g/mol. The summed E-state index contributed by atoms with van der Waals surface area (Å²) in [6, 6.07) is 10.7. The minimum atomic E-state index is -0.488. The number of fused-ring (bicyclic) bond motifs is 1. The third-order valence-electron chi connectivity index (χ3n) is 4.92. The lowest BCUT2D eigenvalue weighted by atomic mass is 9.98. The second-order valence-electron chi connectivity index (χ2n) is 7.03. The van der Waals surface area contributed by atoms with Crippen molar-refractivity contribution in [2.75, 3.05) is 31.6 Å². The van der Waals surface area contributed by atoms with Crippen molar-refractivity contribution in [2.45, 2.75) is 26.8 Å². The number of rotatable bonds is 8. The maximum atomic E-state index is 12.5. The molecule has 4 N–H and O–H groups in total. The number of carbonyl (C=O) groups is 2. The Morgan fingerprint density at radius 2 is 1.66 bits per heavy atom. The van der Waals surface area contributed by atoms with E-state index in [0.717, 1.165) is 31.0 Å². The summed E-state index contributed by atoms with van der Waals surface area (Å²) in [4.78, 5) is 24.8. The maximum absolute atomic E-state index is 12.5. The number of amides is 2. The molecule has 0 aromatic heterocycles. The lowest BCUT2D eigenvalue weighted by Gasteiger charge is -2.26. The van der Waals surface area contributed by atoms with Gasteiger partial charge in [0.05, 0.1) is 19.8 Å². The number of nitrogens with two attached hydrogens (primary N) is 1. The third kappa shape index (κ3) is 5.26. The molecule has 154 valence electrons. The average molecular weight is 398 g/mol. The molecule has 7 heteroatoms. The van der Waals surface area contributed by atoms with Crippen molar-refractivity contribution in [2.24, 2.45) is 5.73 Å². The SMILES string of the molecule is CCOc1cc2c(cc1OCC)C[NH+](CC(=O)Nc1ccc(C(N)=O)cc1)CC2. The van der Waals surface area contributed by atoms with Crippen LogP contribution in [0.2, 0.25) is 0 Å². The van der Waals surface area contributed by atoms with Gasteiger partial charge in [-0.25, -0.2) is 0 Å². The summed E-state index contributed by atoms with van der Waals surface area (Å²) in [7, 11) is 0. The van der Waals surface area contributed by atoms with Gasteiger partial charge in [-0.05, 0) is 55.8 Å². The lowest BCUT2D eigenvalue weighted by Crippen LogP contribution is -3.12. The van der Waals surface area contributed by atoms with E-state index in [9.17, 15) is 9.59 Å². The highest BCUT2D eigenvalue weighted by atomic mass is 16.5. The van der Waals surface area contributed by atoms with Gasteiger partial charge in [-0.2, -0.15) is 0 Å². The number of nitrogens with one attached hydrogen (secondary N) is 2. The molecule has 3 rings (SSSR count). The van der Waals surface area contributed by atoms with E-state index in [4.69, 9.17) is 15.2 Å². The number of primary amides is 1. The van der Waals surface area contributed by atoms with Gasteiger partial charge in [0.1, 0.15) is 6.54 Å². The predicted octanol–water partition coefficient (Wildman–Crippen LogP) is 1.16. The van der Waals surface area contributed by atoms with Crippen molar-refractivity contribution in [3.05, 3.63) is 53.1 Å². The minimum absolute atomic E-state index is 0.0637. The van der Waals surface area contributed by atoms with Gasteiger partial charge in [-0.1, -0.05) is 0 Å². The minimum Gasteiger partial charge on any atom is -0.490 e. The number of quaternary nitrogens is 1. The number of hydrogen-bond acceptors (Lipinski definition) is 4. The standard InChI is InChI=1S/C22H27N3O4/c1-3-28-19-11-16-9-10-25(13-17(16)12-20(19)29-4-2)14-21(26)24-18-7-5-15(6-8-18)22(23)27/h5-8,11-12H,3-4,9-10,13-14H2,1-2H3,(H2,23,27)(H,24,26)/p+1. The number of hydrogen-bond donors (Lipinski definition) is 3. The van der Waals surface area contributed by atoms with E-state index in [1.54, 1.807) is 24.3 Å². The first-order valence-corrected chi connectivity index (χ1v) is 9.94. The molecule has 0 saturated heterocycles. The summed E-state index contributed by atoms with van der Waals surface area (Å²) in [6.45, 7) is 7.09. The zero-order chi connectivity index (χ0) is 20.8. The van der Waals surface area contributed by atoms with Gasteiger partial charge in [-0.3, -0.25) is 9.59 Å². The highest BCUT2D eigenvalue weighted by Gasteiger charge is 2.24. The van der Waals surface area contributed by atoms with Crippen LogP contribution in [-0.2, 0) is 17.8 Å². The molecule has 0 bridgehead atoms. The number of benzene rings is 2. The average Bonchev–Trinajstić information content (AvgIpc) is 2.69. The van der Waals surface area contributed by atoms with Crippen LogP contribution >= 0.6 is 0 Å². The Morgan fingerprint density at radius 1 is 1.03 bits per heavy atom. The largest absolute Gasteiger partial charge is 0.490 e. The summed E-state index contributed by atoms with van der Waals surface area (Å²) < 4.78 is 11.4. The highest BCUT2D eigenvalue weighted by Crippen LogP contribution is 2.32.